The van der Waals surface area contributed by atoms with Gasteiger partial charge in [0.15, 0.2) is 0 Å². The summed E-state index contributed by atoms with van der Waals surface area (Å²) in [5.74, 6) is 0.592. The lowest BCUT2D eigenvalue weighted by atomic mass is 10.2. The summed E-state index contributed by atoms with van der Waals surface area (Å²) in [5, 5.41) is 2.77. The second-order valence-electron chi connectivity index (χ2n) is 7.57. The molecule has 2 heterocycles. The number of anilines is 1. The molecule has 4 aromatic rings. The number of benzene rings is 2. The molecule has 1 amide bonds. The first-order valence-corrected chi connectivity index (χ1v) is 10.2. The molecule has 0 atom stereocenters. The van der Waals surface area contributed by atoms with Gasteiger partial charge in [-0.25, -0.2) is 9.36 Å². The van der Waals surface area contributed by atoms with Crippen molar-refractivity contribution in [2.45, 2.75) is 13.5 Å². The van der Waals surface area contributed by atoms with Gasteiger partial charge in [0.1, 0.15) is 23.6 Å². The number of methoxy groups -OCH3 is 2. The van der Waals surface area contributed by atoms with E-state index < -0.39 is 17.2 Å². The van der Waals surface area contributed by atoms with Gasteiger partial charge in [0.05, 0.1) is 25.4 Å². The number of ether oxygens (including phenoxy) is 2. The van der Waals surface area contributed by atoms with Crippen molar-refractivity contribution in [3.05, 3.63) is 81.1 Å². The highest BCUT2D eigenvalue weighted by Gasteiger charge is 2.20. The number of nitrogens with zero attached hydrogens (tertiary/aromatic N) is 3. The minimum Gasteiger partial charge on any atom is -0.497 e. The van der Waals surface area contributed by atoms with Crippen molar-refractivity contribution in [2.24, 2.45) is 7.05 Å². The number of nitrogens with one attached hydrogen (secondary N) is 1. The fourth-order valence-electron chi connectivity index (χ4n) is 3.77. The molecule has 170 valence electrons. The number of rotatable bonds is 6. The van der Waals surface area contributed by atoms with E-state index in [4.69, 9.17) is 9.47 Å². The average Bonchev–Trinajstić information content (AvgIpc) is 3.11. The topological polar surface area (TPSA) is 96.5 Å². The molecule has 9 heteroatoms. The Bertz CT molecular complexity index is 1440. The SMILES string of the molecule is COc1cc(NC(=O)Cn2c(=O)n(-c3ccccc3)c(=O)c3c2cc(C)n3C)cc(OC)c1. The van der Waals surface area contributed by atoms with Gasteiger partial charge in [0.25, 0.3) is 5.56 Å². The van der Waals surface area contributed by atoms with E-state index in [1.165, 1.54) is 18.8 Å². The molecule has 0 aliphatic heterocycles. The summed E-state index contributed by atoms with van der Waals surface area (Å²) in [4.78, 5) is 39.6. The van der Waals surface area contributed by atoms with E-state index in [0.29, 0.717) is 33.9 Å². The molecule has 0 unspecified atom stereocenters. The molecular weight excluding hydrogens is 424 g/mol. The summed E-state index contributed by atoms with van der Waals surface area (Å²) in [6, 6.07) is 15.4. The largest absolute Gasteiger partial charge is 0.497 e. The van der Waals surface area contributed by atoms with Gasteiger partial charge < -0.3 is 19.4 Å². The van der Waals surface area contributed by atoms with E-state index in [-0.39, 0.29) is 6.54 Å². The molecule has 4 rings (SSSR count). The molecule has 0 spiro atoms. The molecule has 0 radical (unpaired) electrons. The minimum absolute atomic E-state index is 0.286. The molecule has 0 bridgehead atoms. The smallest absolute Gasteiger partial charge is 0.336 e. The summed E-state index contributed by atoms with van der Waals surface area (Å²) >= 11 is 0. The summed E-state index contributed by atoms with van der Waals surface area (Å²) in [5.41, 5.74) is 1.39. The number of hydrogen-bond donors (Lipinski definition) is 1. The maximum atomic E-state index is 13.4. The van der Waals surface area contributed by atoms with E-state index in [0.717, 1.165) is 10.3 Å². The molecule has 0 saturated heterocycles. The van der Waals surface area contributed by atoms with Crippen LogP contribution in [0, 0.1) is 6.92 Å². The van der Waals surface area contributed by atoms with Crippen LogP contribution in [-0.2, 0) is 18.4 Å². The summed E-state index contributed by atoms with van der Waals surface area (Å²) in [6.45, 7) is 1.55. The lowest BCUT2D eigenvalue weighted by Crippen LogP contribution is -2.41. The van der Waals surface area contributed by atoms with Gasteiger partial charge in [0.2, 0.25) is 5.91 Å². The number of carbonyl (C=O) groups is 1. The standard InChI is InChI=1S/C24H24N4O5/c1-15-10-20-22(26(15)2)23(30)28(17-8-6-5-7-9-17)24(31)27(20)14-21(29)25-16-11-18(32-3)13-19(12-16)33-4/h5-13H,14H2,1-4H3,(H,25,29). The van der Waals surface area contributed by atoms with Gasteiger partial charge in [-0.15, -0.1) is 0 Å². The van der Waals surface area contributed by atoms with Crippen LogP contribution in [0.4, 0.5) is 5.69 Å². The zero-order chi connectivity index (χ0) is 23.7. The van der Waals surface area contributed by atoms with Gasteiger partial charge in [-0.2, -0.15) is 0 Å². The van der Waals surface area contributed by atoms with Gasteiger partial charge in [0, 0.05) is 36.6 Å². The molecule has 2 aromatic carbocycles. The highest BCUT2D eigenvalue weighted by molar-refractivity contribution is 5.92. The Morgan fingerprint density at radius 1 is 0.970 bits per heavy atom. The Hall–Kier alpha value is -4.27. The first kappa shape index (κ1) is 21.9. The van der Waals surface area contributed by atoms with Crippen molar-refractivity contribution in [1.82, 2.24) is 13.7 Å². The quantitative estimate of drug-likeness (QED) is 0.489. The van der Waals surface area contributed by atoms with E-state index >= 15 is 0 Å². The molecular formula is C24H24N4O5. The molecule has 0 aliphatic rings. The lowest BCUT2D eigenvalue weighted by molar-refractivity contribution is -0.116. The second-order valence-corrected chi connectivity index (χ2v) is 7.57. The van der Waals surface area contributed by atoms with Crippen molar-refractivity contribution in [1.29, 1.82) is 0 Å². The normalized spacial score (nSPS) is 10.9. The highest BCUT2D eigenvalue weighted by Crippen LogP contribution is 2.25. The number of carbonyl (C=O) groups excluding carboxylic acids is 1. The second kappa shape index (κ2) is 8.70. The van der Waals surface area contributed by atoms with Gasteiger partial charge in [-0.1, -0.05) is 18.2 Å². The van der Waals surface area contributed by atoms with E-state index in [1.54, 1.807) is 66.2 Å². The Morgan fingerprint density at radius 2 is 1.61 bits per heavy atom. The van der Waals surface area contributed by atoms with E-state index in [1.807, 2.05) is 6.92 Å². The van der Waals surface area contributed by atoms with Gasteiger partial charge in [-0.3, -0.25) is 14.2 Å². The molecule has 33 heavy (non-hydrogen) atoms. The number of aryl methyl sites for hydroxylation is 2. The minimum atomic E-state index is -0.595. The summed E-state index contributed by atoms with van der Waals surface area (Å²) in [7, 11) is 4.79. The predicted octanol–water partition coefficient (Wildman–Crippen LogP) is 2.46. The van der Waals surface area contributed by atoms with E-state index in [9.17, 15) is 14.4 Å². The van der Waals surface area contributed by atoms with Crippen molar-refractivity contribution in [3.8, 4) is 17.2 Å². The Kier molecular flexibility index (Phi) is 5.78. The molecule has 0 saturated carbocycles. The predicted molar refractivity (Wildman–Crippen MR) is 126 cm³/mol. The van der Waals surface area contributed by atoms with Crippen LogP contribution in [0.5, 0.6) is 11.5 Å². The number of aromatic nitrogens is 3. The lowest BCUT2D eigenvalue weighted by Gasteiger charge is -2.14. The Balaban J connectivity index is 1.81. The fraction of sp³-hybridized carbons (Fsp3) is 0.208. The number of hydrogen-bond acceptors (Lipinski definition) is 5. The van der Waals surface area contributed by atoms with Crippen LogP contribution in [0.3, 0.4) is 0 Å². The summed E-state index contributed by atoms with van der Waals surface area (Å²) in [6.07, 6.45) is 0. The molecule has 2 aromatic heterocycles. The van der Waals surface area contributed by atoms with Crippen LogP contribution in [-0.4, -0.2) is 33.8 Å². The van der Waals surface area contributed by atoms with Crippen LogP contribution < -0.4 is 26.0 Å². The van der Waals surface area contributed by atoms with Crippen molar-refractivity contribution in [2.75, 3.05) is 19.5 Å². The number of fused-ring (bicyclic) bond motifs is 1. The zero-order valence-electron chi connectivity index (χ0n) is 18.8. The summed E-state index contributed by atoms with van der Waals surface area (Å²) < 4.78 is 14.6. The zero-order valence-corrected chi connectivity index (χ0v) is 18.8. The average molecular weight is 448 g/mol. The maximum Gasteiger partial charge on any atom is 0.336 e. The Labute approximate surface area is 189 Å². The van der Waals surface area contributed by atoms with Crippen LogP contribution in [0.1, 0.15) is 5.69 Å². The monoisotopic (exact) mass is 448 g/mol. The van der Waals surface area contributed by atoms with Gasteiger partial charge >= 0.3 is 5.69 Å². The van der Waals surface area contributed by atoms with Crippen LogP contribution in [0.15, 0.2) is 64.2 Å². The van der Waals surface area contributed by atoms with Crippen LogP contribution in [0.2, 0.25) is 0 Å². The first-order chi connectivity index (χ1) is 15.8. The Morgan fingerprint density at radius 3 is 2.21 bits per heavy atom. The van der Waals surface area contributed by atoms with Crippen molar-refractivity contribution < 1.29 is 14.3 Å². The maximum absolute atomic E-state index is 13.4. The van der Waals surface area contributed by atoms with Crippen molar-refractivity contribution in [3.63, 3.8) is 0 Å². The third-order valence-electron chi connectivity index (χ3n) is 5.52. The van der Waals surface area contributed by atoms with E-state index in [2.05, 4.69) is 5.32 Å². The number of para-hydroxylation sites is 1. The molecule has 1 N–H and O–H groups in total. The molecule has 0 aliphatic carbocycles. The molecule has 0 fully saturated rings. The molecule has 9 nitrogen and oxygen atoms in total. The third kappa shape index (κ3) is 4.00. The third-order valence-corrected chi connectivity index (χ3v) is 5.52. The van der Waals surface area contributed by atoms with Gasteiger partial charge in [-0.05, 0) is 25.1 Å². The fourth-order valence-corrected chi connectivity index (χ4v) is 3.77. The number of amides is 1. The van der Waals surface area contributed by atoms with Crippen molar-refractivity contribution >= 4 is 22.6 Å². The van der Waals surface area contributed by atoms with Crippen LogP contribution in [0.25, 0.3) is 16.7 Å². The highest BCUT2D eigenvalue weighted by atomic mass is 16.5. The van der Waals surface area contributed by atoms with Crippen LogP contribution >= 0.6 is 0 Å². The first-order valence-electron chi connectivity index (χ1n) is 10.2.